The van der Waals surface area contributed by atoms with Crippen molar-refractivity contribution >= 4 is 5.97 Å². The number of aromatic nitrogens is 4. The molecule has 0 atom stereocenters. The van der Waals surface area contributed by atoms with Crippen molar-refractivity contribution in [3.05, 3.63) is 24.3 Å². The Morgan fingerprint density at radius 2 is 2.07 bits per heavy atom. The minimum atomic E-state index is -0.345. The fourth-order valence-electron chi connectivity index (χ4n) is 1.12. The van der Waals surface area contributed by atoms with Gasteiger partial charge in [-0.15, -0.1) is 10.2 Å². The van der Waals surface area contributed by atoms with Gasteiger partial charge in [0.05, 0.1) is 0 Å². The van der Waals surface area contributed by atoms with Crippen LogP contribution < -0.4 is 4.74 Å². The minimum absolute atomic E-state index is 0.345. The van der Waals surface area contributed by atoms with E-state index in [1.807, 2.05) is 0 Å². The Morgan fingerprint density at radius 3 is 2.60 bits per heavy atom. The summed E-state index contributed by atoms with van der Waals surface area (Å²) in [5.74, 6) is 0.654. The predicted octanol–water partition coefficient (Wildman–Crippen LogP) is 0.792. The van der Waals surface area contributed by atoms with E-state index in [-0.39, 0.29) is 5.97 Å². The second-order valence-electron chi connectivity index (χ2n) is 2.85. The van der Waals surface area contributed by atoms with E-state index < -0.39 is 0 Å². The highest BCUT2D eigenvalue weighted by Gasteiger charge is 2.03. The molecule has 1 heterocycles. The first-order chi connectivity index (χ1) is 7.25. The lowest BCUT2D eigenvalue weighted by Gasteiger charge is -2.00. The van der Waals surface area contributed by atoms with Gasteiger partial charge in [-0.3, -0.25) is 4.79 Å². The van der Waals surface area contributed by atoms with Crippen LogP contribution >= 0.6 is 0 Å². The molecule has 2 rings (SSSR count). The minimum Gasteiger partial charge on any atom is -0.427 e. The van der Waals surface area contributed by atoms with Gasteiger partial charge in [-0.25, -0.2) is 0 Å². The summed E-state index contributed by atoms with van der Waals surface area (Å²) in [6.07, 6.45) is 0. The summed E-state index contributed by atoms with van der Waals surface area (Å²) in [4.78, 5) is 10.7. The first-order valence-electron chi connectivity index (χ1n) is 4.28. The lowest BCUT2D eigenvalue weighted by molar-refractivity contribution is -0.131. The fraction of sp³-hybridized carbons (Fsp3) is 0.111. The van der Waals surface area contributed by atoms with Gasteiger partial charge in [-0.05, 0) is 29.5 Å². The van der Waals surface area contributed by atoms with Gasteiger partial charge in [0, 0.05) is 12.5 Å². The van der Waals surface area contributed by atoms with Crippen molar-refractivity contribution in [2.45, 2.75) is 6.92 Å². The highest BCUT2D eigenvalue weighted by atomic mass is 16.5. The van der Waals surface area contributed by atoms with Crippen LogP contribution in [0.4, 0.5) is 0 Å². The maximum Gasteiger partial charge on any atom is 0.308 e. The van der Waals surface area contributed by atoms with Crippen LogP contribution in [0.1, 0.15) is 6.92 Å². The average Bonchev–Trinajstić information content (AvgIpc) is 2.71. The SMILES string of the molecule is CC(=O)Oc1ccc(-c2nn[nH]n2)cc1. The first-order valence-corrected chi connectivity index (χ1v) is 4.28. The number of esters is 1. The average molecular weight is 204 g/mol. The van der Waals surface area contributed by atoms with Crippen molar-refractivity contribution in [2.24, 2.45) is 0 Å². The molecule has 76 valence electrons. The predicted molar refractivity (Wildman–Crippen MR) is 50.9 cm³/mol. The van der Waals surface area contributed by atoms with Crippen LogP contribution in [0.25, 0.3) is 11.4 Å². The summed E-state index contributed by atoms with van der Waals surface area (Å²) < 4.78 is 4.88. The third-order valence-electron chi connectivity index (χ3n) is 1.72. The van der Waals surface area contributed by atoms with Crippen LogP contribution in [0.2, 0.25) is 0 Å². The van der Waals surface area contributed by atoms with Crippen molar-refractivity contribution in [1.29, 1.82) is 0 Å². The number of nitrogens with zero attached hydrogens (tertiary/aromatic N) is 3. The number of hydrogen-bond acceptors (Lipinski definition) is 5. The Hall–Kier alpha value is -2.24. The quantitative estimate of drug-likeness (QED) is 0.577. The van der Waals surface area contributed by atoms with Crippen LogP contribution in [0.3, 0.4) is 0 Å². The normalized spacial score (nSPS) is 9.93. The van der Waals surface area contributed by atoms with E-state index in [0.29, 0.717) is 11.6 Å². The zero-order valence-corrected chi connectivity index (χ0v) is 7.97. The maximum absolute atomic E-state index is 10.7. The third kappa shape index (κ3) is 2.16. The largest absolute Gasteiger partial charge is 0.427 e. The molecule has 0 radical (unpaired) electrons. The van der Waals surface area contributed by atoms with Gasteiger partial charge in [0.15, 0.2) is 0 Å². The standard InChI is InChI=1S/C9H8N4O2/c1-6(14)15-8-4-2-7(3-5-8)9-10-12-13-11-9/h2-5H,1H3,(H,10,11,12,13). The van der Waals surface area contributed by atoms with E-state index in [9.17, 15) is 4.79 Å². The maximum atomic E-state index is 10.7. The van der Waals surface area contributed by atoms with Crippen LogP contribution in [-0.4, -0.2) is 26.6 Å². The molecule has 0 saturated carbocycles. The van der Waals surface area contributed by atoms with Crippen molar-refractivity contribution in [3.8, 4) is 17.1 Å². The molecule has 0 bridgehead atoms. The number of H-pyrrole nitrogens is 1. The van der Waals surface area contributed by atoms with Gasteiger partial charge in [0.2, 0.25) is 5.82 Å². The summed E-state index contributed by atoms with van der Waals surface area (Å²) in [7, 11) is 0. The number of ether oxygens (including phenoxy) is 1. The lowest BCUT2D eigenvalue weighted by atomic mass is 10.2. The number of benzene rings is 1. The lowest BCUT2D eigenvalue weighted by Crippen LogP contribution is -2.00. The summed E-state index contributed by atoms with van der Waals surface area (Å²) in [6.45, 7) is 1.35. The monoisotopic (exact) mass is 204 g/mol. The van der Waals surface area contributed by atoms with E-state index in [1.165, 1.54) is 6.92 Å². The van der Waals surface area contributed by atoms with E-state index in [1.54, 1.807) is 24.3 Å². The number of rotatable bonds is 2. The molecule has 1 N–H and O–H groups in total. The molecule has 0 aliphatic rings. The second kappa shape index (κ2) is 3.87. The molecule has 6 heteroatoms. The highest BCUT2D eigenvalue weighted by molar-refractivity contribution is 5.69. The number of hydrogen-bond donors (Lipinski definition) is 1. The molecule has 15 heavy (non-hydrogen) atoms. The summed E-state index contributed by atoms with van der Waals surface area (Å²) in [5, 5.41) is 13.5. The molecule has 0 aliphatic heterocycles. The van der Waals surface area contributed by atoms with Crippen LogP contribution in [0.5, 0.6) is 5.75 Å². The molecular formula is C9H8N4O2. The summed E-state index contributed by atoms with van der Waals surface area (Å²) >= 11 is 0. The van der Waals surface area contributed by atoms with Crippen molar-refractivity contribution < 1.29 is 9.53 Å². The molecule has 0 unspecified atom stereocenters. The molecule has 6 nitrogen and oxygen atoms in total. The van der Waals surface area contributed by atoms with Crippen LogP contribution in [-0.2, 0) is 4.79 Å². The number of aromatic amines is 1. The van der Waals surface area contributed by atoms with Gasteiger partial charge < -0.3 is 4.74 Å². The molecule has 2 aromatic rings. The molecule has 1 aromatic heterocycles. The first kappa shape index (κ1) is 9.32. The Kier molecular flexibility index (Phi) is 2.40. The van der Waals surface area contributed by atoms with Gasteiger partial charge in [0.1, 0.15) is 5.75 Å². The number of tetrazole rings is 1. The van der Waals surface area contributed by atoms with Crippen LogP contribution in [0, 0.1) is 0 Å². The van der Waals surface area contributed by atoms with E-state index in [4.69, 9.17) is 4.74 Å². The van der Waals surface area contributed by atoms with Crippen molar-refractivity contribution in [1.82, 2.24) is 20.6 Å². The third-order valence-corrected chi connectivity index (χ3v) is 1.72. The Labute approximate surface area is 85.3 Å². The van der Waals surface area contributed by atoms with Gasteiger partial charge in [0.25, 0.3) is 0 Å². The molecule has 0 fully saturated rings. The van der Waals surface area contributed by atoms with E-state index in [0.717, 1.165) is 5.56 Å². The van der Waals surface area contributed by atoms with Crippen molar-refractivity contribution in [2.75, 3.05) is 0 Å². The highest BCUT2D eigenvalue weighted by Crippen LogP contribution is 2.18. The Balaban J connectivity index is 2.21. The number of carbonyl (C=O) groups excluding carboxylic acids is 1. The molecule has 0 aliphatic carbocycles. The zero-order valence-electron chi connectivity index (χ0n) is 7.97. The van der Waals surface area contributed by atoms with Gasteiger partial charge in [-0.2, -0.15) is 5.21 Å². The molecular weight excluding hydrogens is 196 g/mol. The molecule has 0 amide bonds. The zero-order chi connectivity index (χ0) is 10.7. The topological polar surface area (TPSA) is 80.8 Å². The van der Waals surface area contributed by atoms with E-state index in [2.05, 4.69) is 20.6 Å². The van der Waals surface area contributed by atoms with Crippen molar-refractivity contribution in [3.63, 3.8) is 0 Å². The second-order valence-corrected chi connectivity index (χ2v) is 2.85. The molecule has 0 spiro atoms. The smallest absolute Gasteiger partial charge is 0.308 e. The Morgan fingerprint density at radius 1 is 1.33 bits per heavy atom. The summed E-state index contributed by atoms with van der Waals surface area (Å²) in [6, 6.07) is 6.85. The summed E-state index contributed by atoms with van der Waals surface area (Å²) in [5.41, 5.74) is 0.805. The van der Waals surface area contributed by atoms with Gasteiger partial charge >= 0.3 is 5.97 Å². The van der Waals surface area contributed by atoms with E-state index >= 15 is 0 Å². The molecule has 1 aromatic carbocycles. The fourth-order valence-corrected chi connectivity index (χ4v) is 1.12. The Bertz CT molecular complexity index is 449. The number of carbonyl (C=O) groups is 1. The number of nitrogens with one attached hydrogen (secondary N) is 1. The van der Waals surface area contributed by atoms with Gasteiger partial charge in [-0.1, -0.05) is 0 Å². The molecule has 0 saturated heterocycles. The van der Waals surface area contributed by atoms with Crippen LogP contribution in [0.15, 0.2) is 24.3 Å².